The van der Waals surface area contributed by atoms with Crippen LogP contribution in [0.5, 0.6) is 0 Å². The Morgan fingerprint density at radius 1 is 1.44 bits per heavy atom. The minimum Gasteiger partial charge on any atom is -0.465 e. The SMILES string of the molecule is CCOC(=O)CNS(=O)(=O)c1c[nH]c(=O)[nH]c1=O. The van der Waals surface area contributed by atoms with E-state index in [1.54, 1.807) is 11.9 Å². The maximum absolute atomic E-state index is 11.6. The van der Waals surface area contributed by atoms with E-state index in [0.717, 1.165) is 6.20 Å². The minimum absolute atomic E-state index is 0.111. The van der Waals surface area contributed by atoms with Gasteiger partial charge in [-0.2, -0.15) is 4.72 Å². The number of ether oxygens (including phenoxy) is 1. The van der Waals surface area contributed by atoms with Crippen molar-refractivity contribution in [1.82, 2.24) is 14.7 Å². The van der Waals surface area contributed by atoms with Crippen LogP contribution in [0, 0.1) is 0 Å². The molecule has 1 aromatic heterocycles. The van der Waals surface area contributed by atoms with Gasteiger partial charge in [-0.3, -0.25) is 14.6 Å². The van der Waals surface area contributed by atoms with Crippen LogP contribution in [0.15, 0.2) is 20.7 Å². The summed E-state index contributed by atoms with van der Waals surface area (Å²) in [5.74, 6) is -0.776. The van der Waals surface area contributed by atoms with E-state index in [0.29, 0.717) is 0 Å². The zero-order valence-electron chi connectivity index (χ0n) is 9.35. The van der Waals surface area contributed by atoms with Crippen molar-refractivity contribution in [2.45, 2.75) is 11.8 Å². The fourth-order valence-corrected chi connectivity index (χ4v) is 2.01. The fourth-order valence-electron chi connectivity index (χ4n) is 1.04. The van der Waals surface area contributed by atoms with Crippen molar-refractivity contribution in [3.05, 3.63) is 27.0 Å². The second kappa shape index (κ2) is 5.60. The van der Waals surface area contributed by atoms with Crippen LogP contribution in [0.1, 0.15) is 6.92 Å². The van der Waals surface area contributed by atoms with Crippen molar-refractivity contribution in [1.29, 1.82) is 0 Å². The van der Waals surface area contributed by atoms with E-state index in [1.165, 1.54) is 0 Å². The Kier molecular flexibility index (Phi) is 4.39. The number of carbonyl (C=O) groups is 1. The van der Waals surface area contributed by atoms with Gasteiger partial charge in [-0.25, -0.2) is 13.2 Å². The molecule has 0 aliphatic rings. The number of carbonyl (C=O) groups excluding carboxylic acids is 1. The highest BCUT2D eigenvalue weighted by Gasteiger charge is 2.19. The smallest absolute Gasteiger partial charge is 0.325 e. The molecule has 0 atom stereocenters. The Hall–Kier alpha value is -1.94. The van der Waals surface area contributed by atoms with E-state index in [2.05, 4.69) is 4.74 Å². The Balaban J connectivity index is 2.90. The first-order chi connectivity index (χ1) is 8.36. The Bertz CT molecular complexity index is 643. The van der Waals surface area contributed by atoms with E-state index in [-0.39, 0.29) is 6.61 Å². The van der Waals surface area contributed by atoms with Gasteiger partial charge in [-0.1, -0.05) is 0 Å². The molecule has 0 aliphatic carbocycles. The van der Waals surface area contributed by atoms with Gasteiger partial charge in [0, 0.05) is 6.20 Å². The van der Waals surface area contributed by atoms with Crippen LogP contribution in [-0.4, -0.2) is 37.5 Å². The second-order valence-corrected chi connectivity index (χ2v) is 4.80. The first kappa shape index (κ1) is 14.1. The highest BCUT2D eigenvalue weighted by atomic mass is 32.2. The summed E-state index contributed by atoms with van der Waals surface area (Å²) >= 11 is 0. The molecule has 0 amide bonds. The van der Waals surface area contributed by atoms with Crippen molar-refractivity contribution in [2.24, 2.45) is 0 Å². The van der Waals surface area contributed by atoms with Crippen LogP contribution in [0.3, 0.4) is 0 Å². The lowest BCUT2D eigenvalue weighted by Gasteiger charge is -2.05. The summed E-state index contributed by atoms with van der Waals surface area (Å²) in [6.45, 7) is 1.08. The monoisotopic (exact) mass is 277 g/mol. The fraction of sp³-hybridized carbons (Fsp3) is 0.375. The van der Waals surface area contributed by atoms with Gasteiger partial charge in [0.25, 0.3) is 5.56 Å². The maximum atomic E-state index is 11.6. The Morgan fingerprint density at radius 3 is 2.67 bits per heavy atom. The first-order valence-electron chi connectivity index (χ1n) is 4.84. The summed E-state index contributed by atoms with van der Waals surface area (Å²) in [4.78, 5) is 36.0. The molecule has 0 aliphatic heterocycles. The number of sulfonamides is 1. The van der Waals surface area contributed by atoms with Crippen molar-refractivity contribution >= 4 is 16.0 Å². The maximum Gasteiger partial charge on any atom is 0.325 e. The average molecular weight is 277 g/mol. The normalized spacial score (nSPS) is 11.2. The number of aromatic amines is 2. The Labute approximate surface area is 101 Å². The summed E-state index contributed by atoms with van der Waals surface area (Å²) in [6.07, 6.45) is 0.745. The number of rotatable bonds is 5. The molecule has 0 saturated carbocycles. The summed E-state index contributed by atoms with van der Waals surface area (Å²) in [5, 5.41) is 0. The molecule has 1 rings (SSSR count). The molecule has 0 saturated heterocycles. The molecule has 9 nitrogen and oxygen atoms in total. The summed E-state index contributed by atoms with van der Waals surface area (Å²) in [6, 6.07) is 0. The van der Waals surface area contributed by atoms with E-state index in [1.807, 2.05) is 9.71 Å². The van der Waals surface area contributed by atoms with Crippen LogP contribution in [0.2, 0.25) is 0 Å². The molecule has 0 spiro atoms. The standard InChI is InChI=1S/C8H11N3O6S/c1-2-17-6(12)4-10-18(15,16)5-3-9-8(14)11-7(5)13/h3,10H,2,4H2,1H3,(H2,9,11,13,14). The molecule has 100 valence electrons. The number of nitrogens with one attached hydrogen (secondary N) is 3. The second-order valence-electron chi connectivity index (χ2n) is 3.07. The third-order valence-electron chi connectivity index (χ3n) is 1.79. The van der Waals surface area contributed by atoms with Gasteiger partial charge in [0.05, 0.1) is 6.61 Å². The van der Waals surface area contributed by atoms with Crippen molar-refractivity contribution in [3.63, 3.8) is 0 Å². The van der Waals surface area contributed by atoms with Crippen LogP contribution in [0.25, 0.3) is 0 Å². The highest BCUT2D eigenvalue weighted by molar-refractivity contribution is 7.89. The van der Waals surface area contributed by atoms with E-state index < -0.39 is 38.7 Å². The van der Waals surface area contributed by atoms with Gasteiger partial charge < -0.3 is 9.72 Å². The van der Waals surface area contributed by atoms with Gasteiger partial charge in [-0.05, 0) is 6.92 Å². The highest BCUT2D eigenvalue weighted by Crippen LogP contribution is 1.97. The first-order valence-corrected chi connectivity index (χ1v) is 6.32. The predicted octanol–water partition coefficient (Wildman–Crippen LogP) is -2.10. The molecule has 18 heavy (non-hydrogen) atoms. The molecule has 0 unspecified atom stereocenters. The van der Waals surface area contributed by atoms with Crippen LogP contribution in [0.4, 0.5) is 0 Å². The molecular formula is C8H11N3O6S. The largest absolute Gasteiger partial charge is 0.465 e. The lowest BCUT2D eigenvalue weighted by Crippen LogP contribution is -2.36. The molecule has 1 heterocycles. The van der Waals surface area contributed by atoms with Gasteiger partial charge in [0.15, 0.2) is 4.90 Å². The topological polar surface area (TPSA) is 138 Å². The number of H-pyrrole nitrogens is 2. The van der Waals surface area contributed by atoms with Crippen LogP contribution in [-0.2, 0) is 19.6 Å². The number of hydrogen-bond donors (Lipinski definition) is 3. The third kappa shape index (κ3) is 3.53. The van der Waals surface area contributed by atoms with Gasteiger partial charge in [0.1, 0.15) is 6.54 Å². The van der Waals surface area contributed by atoms with E-state index in [4.69, 9.17) is 0 Å². The van der Waals surface area contributed by atoms with Gasteiger partial charge in [0.2, 0.25) is 10.0 Å². The van der Waals surface area contributed by atoms with E-state index >= 15 is 0 Å². The van der Waals surface area contributed by atoms with Crippen LogP contribution >= 0.6 is 0 Å². The number of hydrogen-bond acceptors (Lipinski definition) is 6. The summed E-state index contributed by atoms with van der Waals surface area (Å²) in [7, 11) is -4.19. The third-order valence-corrected chi connectivity index (χ3v) is 3.19. The average Bonchev–Trinajstić information content (AvgIpc) is 2.26. The van der Waals surface area contributed by atoms with Crippen molar-refractivity contribution in [3.8, 4) is 0 Å². The quantitative estimate of drug-likeness (QED) is 0.527. The van der Waals surface area contributed by atoms with Gasteiger partial charge in [-0.15, -0.1) is 0 Å². The molecule has 10 heteroatoms. The molecule has 1 aromatic rings. The summed E-state index contributed by atoms with van der Waals surface area (Å²) < 4.78 is 29.6. The van der Waals surface area contributed by atoms with Crippen molar-refractivity contribution in [2.75, 3.05) is 13.2 Å². The molecule has 0 fully saturated rings. The number of esters is 1. The minimum atomic E-state index is -4.19. The summed E-state index contributed by atoms with van der Waals surface area (Å²) in [5.41, 5.74) is -1.90. The Morgan fingerprint density at radius 2 is 2.11 bits per heavy atom. The zero-order valence-corrected chi connectivity index (χ0v) is 10.2. The molecule has 0 aromatic carbocycles. The predicted molar refractivity (Wildman–Crippen MR) is 59.5 cm³/mol. The van der Waals surface area contributed by atoms with Crippen molar-refractivity contribution < 1.29 is 17.9 Å². The molecule has 0 radical (unpaired) electrons. The molecule has 3 N–H and O–H groups in total. The number of aromatic nitrogens is 2. The lowest BCUT2D eigenvalue weighted by molar-refractivity contribution is -0.141. The molecule has 0 bridgehead atoms. The zero-order chi connectivity index (χ0) is 13.8. The van der Waals surface area contributed by atoms with Gasteiger partial charge >= 0.3 is 11.7 Å². The van der Waals surface area contributed by atoms with Crippen LogP contribution < -0.4 is 16.0 Å². The van der Waals surface area contributed by atoms with E-state index in [9.17, 15) is 22.8 Å². The lowest BCUT2D eigenvalue weighted by atomic mass is 10.7. The molecular weight excluding hydrogens is 266 g/mol.